The Balaban J connectivity index is 1.80. The van der Waals surface area contributed by atoms with Gasteiger partial charge in [-0.15, -0.1) is 11.3 Å². The van der Waals surface area contributed by atoms with E-state index in [1.165, 1.54) is 31.5 Å². The van der Waals surface area contributed by atoms with Gasteiger partial charge in [-0.05, 0) is 26.0 Å². The molecule has 0 aliphatic carbocycles. The fraction of sp³-hybridized carbons (Fsp3) is 0.375. The number of carbonyl (C=O) groups is 1. The fourth-order valence-electron chi connectivity index (χ4n) is 2.71. The molecule has 0 fully saturated rings. The maximum atomic E-state index is 12.6. The van der Waals surface area contributed by atoms with E-state index in [2.05, 4.69) is 25.0 Å². The first-order chi connectivity index (χ1) is 13.9. The minimum absolute atomic E-state index is 0.0464. The molecule has 0 radical (unpaired) electrons. The molecule has 1 aliphatic rings. The summed E-state index contributed by atoms with van der Waals surface area (Å²) in [5.41, 5.74) is 4.49. The molecule has 0 saturated heterocycles. The third kappa shape index (κ3) is 3.92. The second-order valence-electron chi connectivity index (χ2n) is 6.52. The van der Waals surface area contributed by atoms with Crippen LogP contribution in [-0.2, 0) is 15.6 Å². The summed E-state index contributed by atoms with van der Waals surface area (Å²) in [7, 11) is -2.41. The molecular formula is C16H18F2N6O4S2. The number of amides is 1. The largest absolute Gasteiger partial charge is 0.433 e. The van der Waals surface area contributed by atoms with Crippen LogP contribution in [0.25, 0.3) is 0 Å². The van der Waals surface area contributed by atoms with Crippen molar-refractivity contribution in [2.45, 2.75) is 31.2 Å². The van der Waals surface area contributed by atoms with E-state index < -0.39 is 33.3 Å². The lowest BCUT2D eigenvalue weighted by Crippen LogP contribution is -2.55. The van der Waals surface area contributed by atoms with Crippen LogP contribution >= 0.6 is 11.3 Å². The van der Waals surface area contributed by atoms with Gasteiger partial charge in [0.05, 0.1) is 6.20 Å². The number of pyridine rings is 1. The summed E-state index contributed by atoms with van der Waals surface area (Å²) in [5, 5.41) is 3.45. The van der Waals surface area contributed by atoms with E-state index in [1.54, 1.807) is 6.92 Å². The monoisotopic (exact) mass is 460 g/mol. The van der Waals surface area contributed by atoms with Crippen molar-refractivity contribution in [1.29, 1.82) is 0 Å². The number of hydrogen-bond donors (Lipinski definition) is 2. The van der Waals surface area contributed by atoms with Crippen molar-refractivity contribution in [2.75, 3.05) is 12.4 Å². The molecule has 30 heavy (non-hydrogen) atoms. The standard InChI is InChI=1S/C16H18F2N6O4S2/c1-8-16(2,23-15(19)24(3)30(8,26)27)13-22-11(7-29-13)21-12(25)10-5-4-9(6-20-10)28-14(17)18/h4-8,14H,1-3H3,(H2,19,23)(H,21,25)/t8-,16+/m0/s1. The van der Waals surface area contributed by atoms with Gasteiger partial charge in [-0.25, -0.2) is 27.7 Å². The lowest BCUT2D eigenvalue weighted by atomic mass is 10.0. The number of sulfonamides is 1. The van der Waals surface area contributed by atoms with Crippen LogP contribution < -0.4 is 15.8 Å². The summed E-state index contributed by atoms with van der Waals surface area (Å²) in [6.07, 6.45) is 0.997. The number of guanidine groups is 1. The van der Waals surface area contributed by atoms with E-state index >= 15 is 0 Å². The zero-order valence-corrected chi connectivity index (χ0v) is 17.7. The number of nitrogens with one attached hydrogen (secondary N) is 1. The summed E-state index contributed by atoms with van der Waals surface area (Å²) < 4.78 is 54.6. The maximum Gasteiger partial charge on any atom is 0.387 e. The molecule has 0 bridgehead atoms. The molecule has 162 valence electrons. The SMILES string of the molecule is C[C@H]1[C@](C)(c2nc(NC(=O)c3ccc(OC(F)F)cn3)cs2)N=C(N)N(C)S1(=O)=O. The van der Waals surface area contributed by atoms with E-state index in [0.29, 0.717) is 5.01 Å². The van der Waals surface area contributed by atoms with Crippen molar-refractivity contribution in [1.82, 2.24) is 14.3 Å². The number of nitrogens with zero attached hydrogens (tertiary/aromatic N) is 4. The number of alkyl halides is 2. The molecule has 0 unspecified atom stereocenters. The minimum atomic E-state index is -3.73. The van der Waals surface area contributed by atoms with Crippen LogP contribution in [0.3, 0.4) is 0 Å². The number of nitrogens with two attached hydrogens (primary N) is 1. The normalized spacial score (nSPS) is 23.2. The first-order valence-electron chi connectivity index (χ1n) is 8.46. The van der Waals surface area contributed by atoms with Crippen molar-refractivity contribution >= 4 is 39.0 Å². The van der Waals surface area contributed by atoms with E-state index in [9.17, 15) is 22.0 Å². The predicted octanol–water partition coefficient (Wildman–Crippen LogP) is 1.59. The number of thiazole rings is 1. The lowest BCUT2D eigenvalue weighted by molar-refractivity contribution is -0.0500. The molecule has 0 saturated carbocycles. The summed E-state index contributed by atoms with van der Waals surface area (Å²) in [6.45, 7) is 0.112. The quantitative estimate of drug-likeness (QED) is 0.690. The molecule has 3 N–H and O–H groups in total. The van der Waals surface area contributed by atoms with Gasteiger partial charge >= 0.3 is 6.61 Å². The van der Waals surface area contributed by atoms with E-state index in [1.807, 2.05) is 0 Å². The van der Waals surface area contributed by atoms with Gasteiger partial charge in [0.15, 0.2) is 0 Å². The lowest BCUT2D eigenvalue weighted by Gasteiger charge is -2.38. The average molecular weight is 460 g/mol. The van der Waals surface area contributed by atoms with Crippen LogP contribution in [0.4, 0.5) is 14.6 Å². The molecule has 1 aliphatic heterocycles. The van der Waals surface area contributed by atoms with Crippen molar-refractivity contribution in [3.8, 4) is 5.75 Å². The van der Waals surface area contributed by atoms with Crippen molar-refractivity contribution < 1.29 is 26.7 Å². The molecule has 3 rings (SSSR count). The van der Waals surface area contributed by atoms with Crippen LogP contribution in [0.2, 0.25) is 0 Å². The smallest absolute Gasteiger partial charge is 0.387 e. The number of hydrogen-bond acceptors (Lipinski definition) is 9. The first kappa shape index (κ1) is 21.8. The highest BCUT2D eigenvalue weighted by Gasteiger charge is 2.49. The Morgan fingerprint density at radius 3 is 2.73 bits per heavy atom. The molecule has 2 aromatic heterocycles. The van der Waals surface area contributed by atoms with Gasteiger partial charge in [0.2, 0.25) is 16.0 Å². The van der Waals surface area contributed by atoms with Gasteiger partial charge in [0, 0.05) is 12.4 Å². The molecular weight excluding hydrogens is 442 g/mol. The summed E-state index contributed by atoms with van der Waals surface area (Å²) >= 11 is 1.11. The highest BCUT2D eigenvalue weighted by Crippen LogP contribution is 2.39. The highest BCUT2D eigenvalue weighted by atomic mass is 32.2. The van der Waals surface area contributed by atoms with E-state index in [0.717, 1.165) is 21.8 Å². The Bertz CT molecular complexity index is 1090. The van der Waals surface area contributed by atoms with E-state index in [-0.39, 0.29) is 23.2 Å². The molecule has 14 heteroatoms. The Kier molecular flexibility index (Phi) is 5.64. The fourth-order valence-corrected chi connectivity index (χ4v) is 5.25. The number of halogens is 2. The molecule has 0 spiro atoms. The Morgan fingerprint density at radius 2 is 2.13 bits per heavy atom. The molecule has 0 aromatic carbocycles. The van der Waals surface area contributed by atoms with Crippen molar-refractivity contribution in [2.24, 2.45) is 10.7 Å². The van der Waals surface area contributed by atoms with Crippen molar-refractivity contribution in [3.05, 3.63) is 34.4 Å². The van der Waals surface area contributed by atoms with Gasteiger partial charge in [0.25, 0.3) is 5.91 Å². The Hall–Kier alpha value is -2.87. The van der Waals surface area contributed by atoms with Crippen molar-refractivity contribution in [3.63, 3.8) is 0 Å². The number of carbonyl (C=O) groups excluding carboxylic acids is 1. The topological polar surface area (TPSA) is 140 Å². The number of ether oxygens (including phenoxy) is 1. The second-order valence-corrected chi connectivity index (χ2v) is 9.66. The van der Waals surface area contributed by atoms with Crippen LogP contribution in [-0.4, -0.2) is 53.5 Å². The van der Waals surface area contributed by atoms with Gasteiger partial charge in [0.1, 0.15) is 33.1 Å². The molecule has 2 aromatic rings. The van der Waals surface area contributed by atoms with Gasteiger partial charge in [-0.1, -0.05) is 0 Å². The predicted molar refractivity (Wildman–Crippen MR) is 106 cm³/mol. The van der Waals surface area contributed by atoms with Crippen LogP contribution in [0, 0.1) is 0 Å². The van der Waals surface area contributed by atoms with E-state index in [4.69, 9.17) is 5.73 Å². The third-order valence-corrected chi connectivity index (χ3v) is 8.03. The summed E-state index contributed by atoms with van der Waals surface area (Å²) in [6, 6.07) is 2.41. The zero-order valence-electron chi connectivity index (χ0n) is 16.0. The molecule has 2 atom stereocenters. The Morgan fingerprint density at radius 1 is 1.43 bits per heavy atom. The van der Waals surface area contributed by atoms with Gasteiger partial charge < -0.3 is 15.8 Å². The maximum absolute atomic E-state index is 12.6. The molecule has 1 amide bonds. The molecule has 10 nitrogen and oxygen atoms in total. The number of aromatic nitrogens is 2. The Labute approximate surface area is 174 Å². The van der Waals surface area contributed by atoms with Crippen LogP contribution in [0.1, 0.15) is 29.3 Å². The summed E-state index contributed by atoms with van der Waals surface area (Å²) in [4.78, 5) is 24.7. The number of rotatable bonds is 5. The molecule has 3 heterocycles. The highest BCUT2D eigenvalue weighted by molar-refractivity contribution is 7.90. The van der Waals surface area contributed by atoms with Gasteiger partial charge in [-0.2, -0.15) is 8.78 Å². The average Bonchev–Trinajstić information content (AvgIpc) is 3.14. The van der Waals surface area contributed by atoms with Gasteiger partial charge in [-0.3, -0.25) is 4.79 Å². The van der Waals surface area contributed by atoms with Crippen LogP contribution in [0.5, 0.6) is 5.75 Å². The summed E-state index contributed by atoms with van der Waals surface area (Å²) in [5.74, 6) is -0.814. The zero-order chi connectivity index (χ0) is 22.3. The first-order valence-corrected chi connectivity index (χ1v) is 10.8. The minimum Gasteiger partial charge on any atom is -0.433 e. The van der Waals surface area contributed by atoms with Crippen LogP contribution in [0.15, 0.2) is 28.7 Å². The number of anilines is 1. The number of aliphatic imine (C=N–C) groups is 1. The third-order valence-electron chi connectivity index (χ3n) is 4.66. The second kappa shape index (κ2) is 7.75.